The van der Waals surface area contributed by atoms with Crippen LogP contribution in [0.1, 0.15) is 27.4 Å². The van der Waals surface area contributed by atoms with Gasteiger partial charge in [-0.3, -0.25) is 9.52 Å². The highest BCUT2D eigenvalue weighted by Gasteiger charge is 2.31. The summed E-state index contributed by atoms with van der Waals surface area (Å²) < 4.78 is 33.5. The largest absolute Gasteiger partial charge is 0.507 e. The summed E-state index contributed by atoms with van der Waals surface area (Å²) in [4.78, 5) is 30.6. The summed E-state index contributed by atoms with van der Waals surface area (Å²) in [7, 11) is -3.97. The number of carbonyl (C=O) groups is 1. The molecule has 3 aromatic carbocycles. The molecule has 2 aromatic heterocycles. The number of hydrogen-bond donors (Lipinski definition) is 2. The molecular formula is C28H20N2O6S. The minimum Gasteiger partial charge on any atom is -0.507 e. The predicted octanol–water partition coefficient (Wildman–Crippen LogP) is 4.71. The minimum absolute atomic E-state index is 0.0671. The van der Waals surface area contributed by atoms with E-state index in [1.165, 1.54) is 36.5 Å². The van der Waals surface area contributed by atoms with Crippen molar-refractivity contribution in [1.82, 2.24) is 4.98 Å². The average molecular weight is 513 g/mol. The first-order valence-electron chi connectivity index (χ1n) is 11.2. The highest BCUT2D eigenvalue weighted by atomic mass is 32.2. The Labute approximate surface area is 211 Å². The molecule has 0 saturated heterocycles. The lowest BCUT2D eigenvalue weighted by atomic mass is 9.84. The van der Waals surface area contributed by atoms with Crippen LogP contribution in [0.5, 0.6) is 5.75 Å². The molecule has 0 aliphatic heterocycles. The van der Waals surface area contributed by atoms with Crippen LogP contribution in [0.15, 0.2) is 117 Å². The van der Waals surface area contributed by atoms with Gasteiger partial charge >= 0.3 is 5.63 Å². The van der Waals surface area contributed by atoms with Crippen LogP contribution in [0.3, 0.4) is 0 Å². The van der Waals surface area contributed by atoms with E-state index < -0.39 is 27.4 Å². The Kier molecular flexibility index (Phi) is 6.29. The maximum absolute atomic E-state index is 13.7. The molecule has 2 heterocycles. The molecule has 0 spiro atoms. The lowest BCUT2D eigenvalue weighted by molar-refractivity contribution is 0.0971. The Morgan fingerprint density at radius 2 is 1.54 bits per heavy atom. The van der Waals surface area contributed by atoms with Crippen molar-refractivity contribution in [3.8, 4) is 5.75 Å². The Morgan fingerprint density at radius 3 is 2.24 bits per heavy atom. The van der Waals surface area contributed by atoms with Crippen molar-refractivity contribution in [3.63, 3.8) is 0 Å². The smallest absolute Gasteiger partial charge is 0.344 e. The number of aromatic nitrogens is 1. The number of fused-ring (bicyclic) bond motifs is 1. The summed E-state index contributed by atoms with van der Waals surface area (Å²) in [5, 5.41) is 11.4. The summed E-state index contributed by atoms with van der Waals surface area (Å²) in [5.74, 6) is -1.92. The maximum Gasteiger partial charge on any atom is 0.344 e. The molecule has 0 fully saturated rings. The predicted molar refractivity (Wildman–Crippen MR) is 138 cm³/mol. The fourth-order valence-electron chi connectivity index (χ4n) is 4.08. The van der Waals surface area contributed by atoms with Gasteiger partial charge in [-0.25, -0.2) is 18.2 Å². The van der Waals surface area contributed by atoms with Gasteiger partial charge in [-0.1, -0.05) is 60.7 Å². The summed E-state index contributed by atoms with van der Waals surface area (Å²) in [6, 6.07) is 25.1. The van der Waals surface area contributed by atoms with Crippen molar-refractivity contribution in [2.75, 3.05) is 4.72 Å². The molecular weight excluding hydrogens is 492 g/mol. The van der Waals surface area contributed by atoms with Crippen LogP contribution in [0.25, 0.3) is 11.0 Å². The van der Waals surface area contributed by atoms with Gasteiger partial charge in [-0.15, -0.1) is 0 Å². The number of nitrogens with zero attached hydrogens (tertiary/aromatic N) is 1. The van der Waals surface area contributed by atoms with Crippen LogP contribution in [0, 0.1) is 0 Å². The zero-order chi connectivity index (χ0) is 26.0. The Bertz CT molecular complexity index is 1750. The van der Waals surface area contributed by atoms with E-state index in [1.54, 1.807) is 66.7 Å². The Hall–Kier alpha value is -4.76. The van der Waals surface area contributed by atoms with Gasteiger partial charge in [0.25, 0.3) is 10.0 Å². The average Bonchev–Trinajstić information content (AvgIpc) is 2.91. The first-order chi connectivity index (χ1) is 17.8. The van der Waals surface area contributed by atoms with E-state index in [0.29, 0.717) is 11.1 Å². The van der Waals surface area contributed by atoms with Gasteiger partial charge < -0.3 is 9.52 Å². The number of para-hydroxylation sites is 1. The lowest BCUT2D eigenvalue weighted by Crippen LogP contribution is -2.22. The third-order valence-corrected chi connectivity index (χ3v) is 7.23. The van der Waals surface area contributed by atoms with Crippen LogP contribution in [0.4, 0.5) is 5.82 Å². The van der Waals surface area contributed by atoms with Crippen LogP contribution in [-0.2, 0) is 10.0 Å². The molecule has 0 bridgehead atoms. The fourth-order valence-corrected chi connectivity index (χ4v) is 5.09. The van der Waals surface area contributed by atoms with Gasteiger partial charge in [0.2, 0.25) is 0 Å². The highest BCUT2D eigenvalue weighted by molar-refractivity contribution is 7.92. The molecule has 37 heavy (non-hydrogen) atoms. The lowest BCUT2D eigenvalue weighted by Gasteiger charge is -2.18. The quantitative estimate of drug-likeness (QED) is 0.239. The topological polar surface area (TPSA) is 127 Å². The van der Waals surface area contributed by atoms with Crippen LogP contribution >= 0.6 is 0 Å². The molecule has 1 unspecified atom stereocenters. The summed E-state index contributed by atoms with van der Waals surface area (Å²) in [5.41, 5.74) is -0.285. The third kappa shape index (κ3) is 4.72. The second-order valence-electron chi connectivity index (χ2n) is 8.20. The van der Waals surface area contributed by atoms with Crippen molar-refractivity contribution in [1.29, 1.82) is 0 Å². The van der Waals surface area contributed by atoms with Crippen LogP contribution in [0.2, 0.25) is 0 Å². The van der Waals surface area contributed by atoms with Crippen molar-refractivity contribution in [3.05, 3.63) is 130 Å². The molecule has 9 heteroatoms. The highest BCUT2D eigenvalue weighted by Crippen LogP contribution is 2.36. The first-order valence-corrected chi connectivity index (χ1v) is 12.7. The number of benzene rings is 3. The van der Waals surface area contributed by atoms with Gasteiger partial charge in [0.15, 0.2) is 5.78 Å². The summed E-state index contributed by atoms with van der Waals surface area (Å²) in [6.45, 7) is 0. The molecule has 8 nitrogen and oxygen atoms in total. The number of nitrogens with one attached hydrogen (secondary N) is 1. The second kappa shape index (κ2) is 9.71. The van der Waals surface area contributed by atoms with E-state index in [2.05, 4.69) is 9.71 Å². The van der Waals surface area contributed by atoms with E-state index in [0.717, 1.165) is 0 Å². The molecule has 2 N–H and O–H groups in total. The van der Waals surface area contributed by atoms with Gasteiger partial charge in [-0.2, -0.15) is 0 Å². The number of Topliss-reactive ketones (excluding diaryl/α,β-unsaturated/α-hetero) is 1. The normalized spacial score (nSPS) is 12.2. The van der Waals surface area contributed by atoms with Gasteiger partial charge in [0.05, 0.1) is 21.8 Å². The number of aromatic hydroxyl groups is 1. The molecule has 0 radical (unpaired) electrons. The molecule has 0 amide bonds. The van der Waals surface area contributed by atoms with Gasteiger partial charge in [0.1, 0.15) is 17.2 Å². The number of rotatable bonds is 7. The fraction of sp³-hybridized carbons (Fsp3) is 0.0357. The van der Waals surface area contributed by atoms with Gasteiger partial charge in [0, 0.05) is 11.8 Å². The number of pyridine rings is 1. The van der Waals surface area contributed by atoms with E-state index in [9.17, 15) is 23.1 Å². The number of sulfonamides is 1. The third-order valence-electron chi connectivity index (χ3n) is 5.86. The zero-order valence-electron chi connectivity index (χ0n) is 19.2. The first kappa shape index (κ1) is 24.0. The maximum atomic E-state index is 13.7. The molecule has 0 aliphatic carbocycles. The van der Waals surface area contributed by atoms with Crippen molar-refractivity contribution in [2.24, 2.45) is 0 Å². The van der Waals surface area contributed by atoms with Crippen LogP contribution in [-0.4, -0.2) is 24.3 Å². The van der Waals surface area contributed by atoms with Crippen molar-refractivity contribution < 1.29 is 22.7 Å². The second-order valence-corrected chi connectivity index (χ2v) is 9.88. The van der Waals surface area contributed by atoms with Crippen molar-refractivity contribution >= 4 is 32.6 Å². The Morgan fingerprint density at radius 1 is 0.865 bits per heavy atom. The monoisotopic (exact) mass is 512 g/mol. The van der Waals surface area contributed by atoms with Gasteiger partial charge in [-0.05, 0) is 42.0 Å². The standard InChI is InChI=1S/C28H20N2O6S/c31-26(19-8-2-1-3-9-19)24(25-27(32)21-10-4-5-11-22(21)36-28(25)33)18-13-15-20(16-14-18)37(34,35)30-23-12-6-7-17-29-23/h1-17,24,32H,(H,29,30). The van der Waals surface area contributed by atoms with Crippen LogP contribution < -0.4 is 10.3 Å². The van der Waals surface area contributed by atoms with E-state index in [1.807, 2.05) is 0 Å². The minimum atomic E-state index is -3.97. The molecule has 1 atom stereocenters. The number of anilines is 1. The molecule has 0 aliphatic rings. The molecule has 0 saturated carbocycles. The zero-order valence-corrected chi connectivity index (χ0v) is 20.1. The Balaban J connectivity index is 1.62. The van der Waals surface area contributed by atoms with Crippen molar-refractivity contribution in [2.45, 2.75) is 10.8 Å². The number of carbonyl (C=O) groups excluding carboxylic acids is 1. The summed E-state index contributed by atoms with van der Waals surface area (Å²) >= 11 is 0. The SMILES string of the molecule is O=C(c1ccccc1)C(c1ccc(S(=O)(=O)Nc2ccccn2)cc1)c1c(O)c2ccccc2oc1=O. The van der Waals surface area contributed by atoms with E-state index >= 15 is 0 Å². The number of hydrogen-bond acceptors (Lipinski definition) is 7. The van der Waals surface area contributed by atoms with E-state index in [-0.39, 0.29) is 33.0 Å². The molecule has 5 rings (SSSR count). The summed E-state index contributed by atoms with van der Waals surface area (Å²) in [6.07, 6.45) is 1.46. The number of ketones is 1. The van der Waals surface area contributed by atoms with E-state index in [4.69, 9.17) is 4.42 Å². The molecule has 5 aromatic rings. The molecule has 184 valence electrons.